The number of carbonyl (C=O) groups excluding carboxylic acids is 1. The Labute approximate surface area is 128 Å². The van der Waals surface area contributed by atoms with Crippen LogP contribution in [0.5, 0.6) is 0 Å². The molecule has 0 amide bonds. The lowest BCUT2D eigenvalue weighted by molar-refractivity contribution is -0.282. The summed E-state index contributed by atoms with van der Waals surface area (Å²) < 4.78 is 18.9. The molecule has 2 rings (SSSR count). The van der Waals surface area contributed by atoms with Crippen LogP contribution in [0.2, 0.25) is 0 Å². The summed E-state index contributed by atoms with van der Waals surface area (Å²) in [6.07, 6.45) is 0. The summed E-state index contributed by atoms with van der Waals surface area (Å²) in [6, 6.07) is 10.3. The molecule has 0 fully saturated rings. The zero-order chi connectivity index (χ0) is 16.1. The number of aryl methyl sites for hydroxylation is 1. The molecule has 0 unspecified atom stereocenters. The molecule has 0 aromatic heterocycles. The fourth-order valence-corrected chi connectivity index (χ4v) is 2.23. The van der Waals surface area contributed by atoms with E-state index >= 15 is 0 Å². The third-order valence-corrected chi connectivity index (χ3v) is 3.36. The highest BCUT2D eigenvalue weighted by Crippen LogP contribution is 2.30. The number of rotatable bonds is 5. The van der Waals surface area contributed by atoms with Gasteiger partial charge in [0.05, 0.1) is 19.8 Å². The van der Waals surface area contributed by atoms with E-state index in [0.29, 0.717) is 11.1 Å². The molecule has 0 radical (unpaired) electrons. The van der Waals surface area contributed by atoms with E-state index in [9.17, 15) is 9.18 Å². The third kappa shape index (κ3) is 3.32. The van der Waals surface area contributed by atoms with E-state index in [1.165, 1.54) is 20.3 Å². The average molecular weight is 304 g/mol. The topological polar surface area (TPSA) is 44.8 Å². The van der Waals surface area contributed by atoms with Crippen LogP contribution in [0.3, 0.4) is 0 Å². The molecule has 0 aliphatic carbocycles. The Morgan fingerprint density at radius 1 is 1.14 bits per heavy atom. The highest BCUT2D eigenvalue weighted by Gasteiger charge is 2.18. The van der Waals surface area contributed by atoms with E-state index in [0.717, 1.165) is 11.1 Å². The number of esters is 1. The molecule has 0 spiro atoms. The molecule has 0 atom stereocenters. The number of benzene rings is 2. The molecule has 2 aromatic carbocycles. The minimum Gasteiger partial charge on any atom is -0.465 e. The summed E-state index contributed by atoms with van der Waals surface area (Å²) in [5.41, 5.74) is 2.88. The van der Waals surface area contributed by atoms with Crippen LogP contribution in [0.4, 0.5) is 4.39 Å². The van der Waals surface area contributed by atoms with Gasteiger partial charge >= 0.3 is 5.97 Å². The summed E-state index contributed by atoms with van der Waals surface area (Å²) in [7, 11) is 2.62. The second-order valence-electron chi connectivity index (χ2n) is 4.72. The summed E-state index contributed by atoms with van der Waals surface area (Å²) in [5, 5.41) is 0. The van der Waals surface area contributed by atoms with Crippen molar-refractivity contribution < 1.29 is 23.7 Å². The van der Waals surface area contributed by atoms with Gasteiger partial charge in [0.1, 0.15) is 12.4 Å². The Kier molecular flexibility index (Phi) is 5.25. The number of hydrogen-bond donors (Lipinski definition) is 0. The average Bonchev–Trinajstić information content (AvgIpc) is 2.53. The smallest absolute Gasteiger partial charge is 0.338 e. The summed E-state index contributed by atoms with van der Waals surface area (Å²) in [5.74, 6) is -1.13. The van der Waals surface area contributed by atoms with E-state index in [4.69, 9.17) is 9.62 Å². The van der Waals surface area contributed by atoms with Gasteiger partial charge in [0.2, 0.25) is 0 Å². The maximum Gasteiger partial charge on any atom is 0.338 e. The van der Waals surface area contributed by atoms with Gasteiger partial charge in [0.15, 0.2) is 0 Å². The number of hydrogen-bond acceptors (Lipinski definition) is 4. The number of ether oxygens (including phenoxy) is 1. The van der Waals surface area contributed by atoms with Crippen molar-refractivity contribution in [2.75, 3.05) is 14.2 Å². The monoisotopic (exact) mass is 304 g/mol. The van der Waals surface area contributed by atoms with Gasteiger partial charge in [-0.2, -0.15) is 0 Å². The molecular weight excluding hydrogens is 287 g/mol. The molecule has 0 bridgehead atoms. The predicted octanol–water partition coefficient (Wildman–Crippen LogP) is 3.67. The minimum absolute atomic E-state index is 0.0529. The molecule has 22 heavy (non-hydrogen) atoms. The third-order valence-electron chi connectivity index (χ3n) is 3.36. The van der Waals surface area contributed by atoms with Crippen LogP contribution >= 0.6 is 0 Å². The second-order valence-corrected chi connectivity index (χ2v) is 4.72. The molecular formula is C17H17FO4. The van der Waals surface area contributed by atoms with Crippen molar-refractivity contribution in [2.24, 2.45) is 0 Å². The summed E-state index contributed by atoms with van der Waals surface area (Å²) >= 11 is 0. The van der Waals surface area contributed by atoms with Crippen molar-refractivity contribution in [3.63, 3.8) is 0 Å². The highest BCUT2D eigenvalue weighted by atomic mass is 19.1. The Bertz CT molecular complexity index is 682. The maximum atomic E-state index is 14.1. The van der Waals surface area contributed by atoms with Crippen LogP contribution in [0.25, 0.3) is 11.1 Å². The van der Waals surface area contributed by atoms with Crippen LogP contribution < -0.4 is 0 Å². The van der Waals surface area contributed by atoms with E-state index in [1.54, 1.807) is 6.07 Å². The van der Waals surface area contributed by atoms with Crippen molar-refractivity contribution in [3.05, 3.63) is 58.9 Å². The molecule has 0 saturated carbocycles. The first-order valence-corrected chi connectivity index (χ1v) is 6.70. The zero-order valence-electron chi connectivity index (χ0n) is 12.7. The predicted molar refractivity (Wildman–Crippen MR) is 79.7 cm³/mol. The standard InChI is InChI=1S/C17H17FO4/c1-11-6-4-5-7-13(11)14-8-12(10-22-21-3)16(18)9-15(14)17(19)20-2/h4-9H,10H2,1-3H3. The number of halogens is 1. The van der Waals surface area contributed by atoms with Crippen molar-refractivity contribution in [1.29, 1.82) is 0 Å². The molecule has 4 nitrogen and oxygen atoms in total. The van der Waals surface area contributed by atoms with Crippen LogP contribution in [-0.2, 0) is 21.1 Å². The van der Waals surface area contributed by atoms with Crippen LogP contribution in [-0.4, -0.2) is 20.2 Å². The lowest BCUT2D eigenvalue weighted by Crippen LogP contribution is -2.07. The second kappa shape index (κ2) is 7.15. The lowest BCUT2D eigenvalue weighted by atomic mass is 9.94. The first-order valence-electron chi connectivity index (χ1n) is 6.70. The molecule has 0 aliphatic heterocycles. The molecule has 116 valence electrons. The zero-order valence-corrected chi connectivity index (χ0v) is 12.7. The maximum absolute atomic E-state index is 14.1. The van der Waals surface area contributed by atoms with Crippen molar-refractivity contribution in [1.82, 2.24) is 0 Å². The summed E-state index contributed by atoms with van der Waals surface area (Å²) in [4.78, 5) is 21.3. The SMILES string of the molecule is COOCc1cc(-c2ccccc2C)c(C(=O)OC)cc1F. The number of carbonyl (C=O) groups is 1. The largest absolute Gasteiger partial charge is 0.465 e. The van der Waals surface area contributed by atoms with E-state index in [1.807, 2.05) is 31.2 Å². The lowest BCUT2D eigenvalue weighted by Gasteiger charge is -2.13. The Balaban J connectivity index is 2.62. The quantitative estimate of drug-likeness (QED) is 0.480. The first-order chi connectivity index (χ1) is 10.6. The molecule has 0 saturated heterocycles. The van der Waals surface area contributed by atoms with E-state index in [2.05, 4.69) is 4.89 Å². The van der Waals surface area contributed by atoms with Gasteiger partial charge in [-0.25, -0.2) is 19.0 Å². The van der Waals surface area contributed by atoms with Crippen molar-refractivity contribution in [3.8, 4) is 11.1 Å². The molecule has 0 heterocycles. The van der Waals surface area contributed by atoms with Crippen LogP contribution in [0, 0.1) is 12.7 Å². The minimum atomic E-state index is -0.587. The van der Waals surface area contributed by atoms with Crippen molar-refractivity contribution >= 4 is 5.97 Å². The molecule has 0 N–H and O–H groups in total. The highest BCUT2D eigenvalue weighted by molar-refractivity contribution is 5.97. The Hall–Kier alpha value is -2.24. The van der Waals surface area contributed by atoms with Crippen LogP contribution in [0.1, 0.15) is 21.5 Å². The van der Waals surface area contributed by atoms with Gasteiger partial charge in [-0.15, -0.1) is 0 Å². The van der Waals surface area contributed by atoms with E-state index < -0.39 is 11.8 Å². The number of methoxy groups -OCH3 is 1. The van der Waals surface area contributed by atoms with Gasteiger partial charge in [-0.3, -0.25) is 0 Å². The van der Waals surface area contributed by atoms with Gasteiger partial charge in [0.25, 0.3) is 0 Å². The normalized spacial score (nSPS) is 10.5. The van der Waals surface area contributed by atoms with E-state index in [-0.39, 0.29) is 12.2 Å². The van der Waals surface area contributed by atoms with Crippen LogP contribution in [0.15, 0.2) is 36.4 Å². The van der Waals surface area contributed by atoms with Crippen molar-refractivity contribution in [2.45, 2.75) is 13.5 Å². The van der Waals surface area contributed by atoms with Gasteiger partial charge in [-0.1, -0.05) is 24.3 Å². The Morgan fingerprint density at radius 2 is 1.86 bits per heavy atom. The first kappa shape index (κ1) is 16.1. The van der Waals surface area contributed by atoms with Gasteiger partial charge in [0, 0.05) is 5.56 Å². The molecule has 2 aromatic rings. The molecule has 0 aliphatic rings. The fourth-order valence-electron chi connectivity index (χ4n) is 2.23. The van der Waals surface area contributed by atoms with Gasteiger partial charge in [-0.05, 0) is 35.7 Å². The van der Waals surface area contributed by atoms with Gasteiger partial charge < -0.3 is 4.74 Å². The summed E-state index contributed by atoms with van der Waals surface area (Å²) in [6.45, 7) is 1.87. The Morgan fingerprint density at radius 3 is 2.50 bits per heavy atom. The molecule has 5 heteroatoms. The fraction of sp³-hybridized carbons (Fsp3) is 0.235.